The predicted octanol–water partition coefficient (Wildman–Crippen LogP) is 6.72. The lowest BCUT2D eigenvalue weighted by atomic mass is 10.1. The Morgan fingerprint density at radius 2 is 1.26 bits per heavy atom. The molecule has 0 saturated heterocycles. The fraction of sp³-hybridized carbons (Fsp3) is 0.161. The number of benzene rings is 4. The molecule has 4 aromatic carbocycles. The number of nitrogens with zero attached hydrogens (tertiary/aromatic N) is 1. The van der Waals surface area contributed by atoms with E-state index in [0.29, 0.717) is 41.8 Å². The summed E-state index contributed by atoms with van der Waals surface area (Å²) in [7, 11) is 3.11. The van der Waals surface area contributed by atoms with E-state index in [9.17, 15) is 10.1 Å². The molecule has 0 saturated carbocycles. The predicted molar refractivity (Wildman–Crippen MR) is 146 cm³/mol. The third kappa shape index (κ3) is 7.13. The van der Waals surface area contributed by atoms with Gasteiger partial charge < -0.3 is 18.9 Å². The summed E-state index contributed by atoms with van der Waals surface area (Å²) in [5, 5.41) is 11.9. The van der Waals surface area contributed by atoms with Gasteiger partial charge in [0.05, 0.1) is 25.6 Å². The fourth-order valence-electron chi connectivity index (χ4n) is 3.88. The van der Waals surface area contributed by atoms with Gasteiger partial charge in [-0.1, -0.05) is 72.8 Å². The largest absolute Gasteiger partial charge is 0.493 e. The Kier molecular flexibility index (Phi) is 8.97. The second-order valence-corrected chi connectivity index (χ2v) is 8.51. The molecule has 7 heteroatoms. The second-order valence-electron chi connectivity index (χ2n) is 8.51. The molecular formula is C31H29NO6. The standard InChI is InChI=1S/C31H29NO6/c1-35-28-15-13-26(20-31(28)38-22-24-11-7-4-8-12-24)18-27(32(33)34)17-25-14-16-29(30(19-25)36-2)37-21-23-9-5-3-6-10-23/h3-16,18-20H,17,21-22H2,1-2H3. The van der Waals surface area contributed by atoms with Crippen molar-refractivity contribution in [2.45, 2.75) is 19.6 Å². The van der Waals surface area contributed by atoms with E-state index in [1.807, 2.05) is 66.7 Å². The summed E-state index contributed by atoms with van der Waals surface area (Å²) in [5.74, 6) is 2.15. The summed E-state index contributed by atoms with van der Waals surface area (Å²) >= 11 is 0. The number of hydrogen-bond donors (Lipinski definition) is 0. The smallest absolute Gasteiger partial charge is 0.251 e. The molecule has 4 rings (SSSR count). The molecule has 0 N–H and O–H groups in total. The van der Waals surface area contributed by atoms with Crippen LogP contribution >= 0.6 is 0 Å². The highest BCUT2D eigenvalue weighted by molar-refractivity contribution is 5.58. The van der Waals surface area contributed by atoms with Crippen molar-refractivity contribution >= 4 is 6.08 Å². The second kappa shape index (κ2) is 13.0. The van der Waals surface area contributed by atoms with E-state index < -0.39 is 0 Å². The van der Waals surface area contributed by atoms with Gasteiger partial charge in [-0.3, -0.25) is 10.1 Å². The maximum absolute atomic E-state index is 11.9. The van der Waals surface area contributed by atoms with E-state index in [4.69, 9.17) is 18.9 Å². The number of nitro groups is 1. The van der Waals surface area contributed by atoms with Gasteiger partial charge in [0.1, 0.15) is 13.2 Å². The van der Waals surface area contributed by atoms with Gasteiger partial charge in [0.25, 0.3) is 5.70 Å². The van der Waals surface area contributed by atoms with Gasteiger partial charge in [-0.15, -0.1) is 0 Å². The number of hydrogen-bond acceptors (Lipinski definition) is 6. The highest BCUT2D eigenvalue weighted by Crippen LogP contribution is 2.32. The summed E-state index contributed by atoms with van der Waals surface area (Å²) in [6, 6.07) is 30.2. The number of methoxy groups -OCH3 is 2. The van der Waals surface area contributed by atoms with Crippen LogP contribution in [0, 0.1) is 10.1 Å². The molecule has 194 valence electrons. The molecule has 0 aliphatic heterocycles. The van der Waals surface area contributed by atoms with Crippen molar-refractivity contribution < 1.29 is 23.9 Å². The van der Waals surface area contributed by atoms with Gasteiger partial charge in [0.15, 0.2) is 23.0 Å². The van der Waals surface area contributed by atoms with Crippen molar-refractivity contribution in [2.75, 3.05) is 14.2 Å². The molecule has 0 amide bonds. The molecule has 7 nitrogen and oxygen atoms in total. The monoisotopic (exact) mass is 511 g/mol. The molecule has 0 aliphatic rings. The maximum Gasteiger partial charge on any atom is 0.251 e. The Labute approximate surface area is 222 Å². The SMILES string of the molecule is COc1cc(CC(=Cc2ccc(OC)c(OCc3ccccc3)c2)[N+](=O)[O-])ccc1OCc1ccccc1. The highest BCUT2D eigenvalue weighted by Gasteiger charge is 2.16. The lowest BCUT2D eigenvalue weighted by Crippen LogP contribution is -2.04. The Bertz CT molecular complexity index is 1390. The molecule has 0 atom stereocenters. The first-order valence-electron chi connectivity index (χ1n) is 12.1. The van der Waals surface area contributed by atoms with Crippen LogP contribution in [0.5, 0.6) is 23.0 Å². The van der Waals surface area contributed by atoms with Crippen LogP contribution in [0.15, 0.2) is 103 Å². The maximum atomic E-state index is 11.9. The van der Waals surface area contributed by atoms with E-state index in [2.05, 4.69) is 0 Å². The van der Waals surface area contributed by atoms with Crippen LogP contribution in [0.1, 0.15) is 22.3 Å². The van der Waals surface area contributed by atoms with Gasteiger partial charge in [-0.2, -0.15) is 0 Å². The van der Waals surface area contributed by atoms with Crippen LogP contribution in [0.2, 0.25) is 0 Å². The molecular weight excluding hydrogens is 482 g/mol. The van der Waals surface area contributed by atoms with Gasteiger partial charge in [-0.05, 0) is 46.5 Å². The quantitative estimate of drug-likeness (QED) is 0.155. The third-order valence-electron chi connectivity index (χ3n) is 5.84. The van der Waals surface area contributed by atoms with E-state index in [0.717, 1.165) is 16.7 Å². The van der Waals surface area contributed by atoms with Crippen molar-refractivity contribution in [2.24, 2.45) is 0 Å². The van der Waals surface area contributed by atoms with Crippen LogP contribution in [0.25, 0.3) is 6.08 Å². The first kappa shape index (κ1) is 26.3. The number of allylic oxidation sites excluding steroid dienone is 1. The minimum absolute atomic E-state index is 0.0317. The normalized spacial score (nSPS) is 11.1. The molecule has 0 bridgehead atoms. The molecule has 38 heavy (non-hydrogen) atoms. The molecule has 0 radical (unpaired) electrons. The molecule has 0 aliphatic carbocycles. The van der Waals surface area contributed by atoms with E-state index in [1.165, 1.54) is 0 Å². The first-order chi connectivity index (χ1) is 18.6. The lowest BCUT2D eigenvalue weighted by molar-refractivity contribution is -0.425. The summed E-state index contributed by atoms with van der Waals surface area (Å²) in [5.41, 5.74) is 3.43. The van der Waals surface area contributed by atoms with E-state index >= 15 is 0 Å². The minimum Gasteiger partial charge on any atom is -0.493 e. The van der Waals surface area contributed by atoms with Crippen molar-refractivity contribution in [1.82, 2.24) is 0 Å². The summed E-state index contributed by atoms with van der Waals surface area (Å²) in [6.45, 7) is 0.744. The molecule has 0 unspecified atom stereocenters. The molecule has 4 aromatic rings. The van der Waals surface area contributed by atoms with Crippen LogP contribution < -0.4 is 18.9 Å². The minimum atomic E-state index is -0.374. The van der Waals surface area contributed by atoms with Crippen molar-refractivity contribution in [3.8, 4) is 23.0 Å². The zero-order valence-corrected chi connectivity index (χ0v) is 21.3. The molecule has 0 spiro atoms. The van der Waals surface area contributed by atoms with Crippen molar-refractivity contribution in [3.63, 3.8) is 0 Å². The van der Waals surface area contributed by atoms with Gasteiger partial charge in [-0.25, -0.2) is 0 Å². The number of ether oxygens (including phenoxy) is 4. The Morgan fingerprint density at radius 1 is 0.684 bits per heavy atom. The Morgan fingerprint density at radius 3 is 1.84 bits per heavy atom. The summed E-state index contributed by atoms with van der Waals surface area (Å²) in [6.07, 6.45) is 1.65. The summed E-state index contributed by atoms with van der Waals surface area (Å²) < 4.78 is 22.8. The zero-order valence-electron chi connectivity index (χ0n) is 21.3. The van der Waals surface area contributed by atoms with Crippen LogP contribution in [-0.2, 0) is 19.6 Å². The third-order valence-corrected chi connectivity index (χ3v) is 5.84. The molecule has 0 heterocycles. The average molecular weight is 512 g/mol. The van der Waals surface area contributed by atoms with Gasteiger partial charge >= 0.3 is 0 Å². The van der Waals surface area contributed by atoms with Crippen molar-refractivity contribution in [3.05, 3.63) is 135 Å². The lowest BCUT2D eigenvalue weighted by Gasteiger charge is -2.12. The highest BCUT2D eigenvalue weighted by atomic mass is 16.6. The molecule has 0 fully saturated rings. The van der Waals surface area contributed by atoms with Crippen molar-refractivity contribution in [1.29, 1.82) is 0 Å². The van der Waals surface area contributed by atoms with Gasteiger partial charge in [0, 0.05) is 6.08 Å². The topological polar surface area (TPSA) is 80.1 Å². The molecule has 0 aromatic heterocycles. The van der Waals surface area contributed by atoms with E-state index in [-0.39, 0.29) is 17.0 Å². The zero-order chi connectivity index (χ0) is 26.7. The average Bonchev–Trinajstić information content (AvgIpc) is 2.96. The van der Waals surface area contributed by atoms with Crippen LogP contribution in [0.4, 0.5) is 0 Å². The Hall–Kier alpha value is -4.78. The van der Waals surface area contributed by atoms with E-state index in [1.54, 1.807) is 50.6 Å². The number of rotatable bonds is 12. The Balaban J connectivity index is 1.51. The van der Waals surface area contributed by atoms with Crippen LogP contribution in [-0.4, -0.2) is 19.1 Å². The fourth-order valence-corrected chi connectivity index (χ4v) is 3.88. The summed E-state index contributed by atoms with van der Waals surface area (Å²) in [4.78, 5) is 11.6. The van der Waals surface area contributed by atoms with Gasteiger partial charge in [0.2, 0.25) is 0 Å². The first-order valence-corrected chi connectivity index (χ1v) is 12.1. The van der Waals surface area contributed by atoms with Crippen LogP contribution in [0.3, 0.4) is 0 Å².